The molecule has 0 radical (unpaired) electrons. The van der Waals surface area contributed by atoms with E-state index in [2.05, 4.69) is 6.58 Å². The number of carboxylic acid groups (broad SMARTS) is 1. The molecule has 0 aliphatic carbocycles. The van der Waals surface area contributed by atoms with E-state index < -0.39 is 5.97 Å². The van der Waals surface area contributed by atoms with E-state index in [0.717, 1.165) is 5.56 Å². The molecule has 0 heterocycles. The third-order valence-corrected chi connectivity index (χ3v) is 1.55. The maximum atomic E-state index is 10.4. The van der Waals surface area contributed by atoms with Crippen LogP contribution in [0.2, 0.25) is 0 Å². The Hall–Kier alpha value is 0.222. The third kappa shape index (κ3) is 5.19. The number of hydrogen-bond acceptors (Lipinski definition) is 1. The number of benzene rings is 1. The number of aliphatic carboxylic acids is 1. The van der Waals surface area contributed by atoms with Crippen LogP contribution in [0.4, 0.5) is 0 Å². The molecule has 0 spiro atoms. The number of carboxylic acids is 1. The van der Waals surface area contributed by atoms with Crippen molar-refractivity contribution in [1.82, 2.24) is 0 Å². The normalized spacial score (nSPS) is 9.43. The second kappa shape index (κ2) is 7.51. The maximum absolute atomic E-state index is 10.4. The summed E-state index contributed by atoms with van der Waals surface area (Å²) in [5.74, 6) is -0.993. The first-order chi connectivity index (χ1) is 6.20. The van der Waals surface area contributed by atoms with Gasteiger partial charge in [-0.15, -0.1) is 0 Å². The molecule has 0 amide bonds. The molecule has 0 aliphatic rings. The van der Waals surface area contributed by atoms with Crippen molar-refractivity contribution in [3.05, 3.63) is 54.1 Å². The van der Waals surface area contributed by atoms with Crippen LogP contribution in [0.3, 0.4) is 0 Å². The Bertz CT molecular complexity index is 342. The van der Waals surface area contributed by atoms with Crippen LogP contribution in [0.25, 0.3) is 6.08 Å². The Morgan fingerprint density at radius 1 is 1.29 bits per heavy atom. The molecule has 3 heteroatoms. The monoisotopic (exact) mass is 308 g/mol. The topological polar surface area (TPSA) is 37.3 Å². The minimum atomic E-state index is -0.993. The van der Waals surface area contributed by atoms with E-state index in [1.165, 1.54) is 6.08 Å². The quantitative estimate of drug-likeness (QED) is 0.681. The molecular formula is C11H11CsO2. The van der Waals surface area contributed by atoms with Crippen molar-refractivity contribution in [1.29, 1.82) is 0 Å². The van der Waals surface area contributed by atoms with Crippen molar-refractivity contribution in [3.63, 3.8) is 0 Å². The van der Waals surface area contributed by atoms with Crippen molar-refractivity contribution >= 4 is 80.9 Å². The first-order valence-corrected chi connectivity index (χ1v) is 3.85. The minimum absolute atomic E-state index is 0. The van der Waals surface area contributed by atoms with E-state index in [1.807, 2.05) is 30.3 Å². The summed E-state index contributed by atoms with van der Waals surface area (Å²) in [5, 5.41) is 8.51. The van der Waals surface area contributed by atoms with Crippen molar-refractivity contribution < 1.29 is 9.90 Å². The Kier molecular flexibility index (Phi) is 7.62. The van der Waals surface area contributed by atoms with Gasteiger partial charge in [0.05, 0.1) is 5.57 Å². The number of hydrogen-bond donors (Lipinski definition) is 1. The van der Waals surface area contributed by atoms with Gasteiger partial charge in [0.25, 0.3) is 0 Å². The second-order valence-electron chi connectivity index (χ2n) is 2.57. The zero-order valence-electron chi connectivity index (χ0n) is 7.10. The Balaban J connectivity index is 0.00000169. The first kappa shape index (κ1) is 14.2. The molecule has 0 saturated heterocycles. The summed E-state index contributed by atoms with van der Waals surface area (Å²) in [6.45, 7) is 3.38. The number of carbonyl (C=O) groups is 1. The fourth-order valence-electron chi connectivity index (χ4n) is 0.832. The molecule has 0 bridgehead atoms. The molecule has 0 unspecified atom stereocenters. The molecule has 2 nitrogen and oxygen atoms in total. The van der Waals surface area contributed by atoms with Gasteiger partial charge in [0.1, 0.15) is 0 Å². The zero-order chi connectivity index (χ0) is 9.68. The molecule has 1 rings (SSSR count). The average molecular weight is 308 g/mol. The van der Waals surface area contributed by atoms with E-state index >= 15 is 0 Å². The van der Waals surface area contributed by atoms with Gasteiger partial charge in [0.15, 0.2) is 0 Å². The molecule has 0 atom stereocenters. The zero-order valence-corrected chi connectivity index (χ0v) is 7.10. The van der Waals surface area contributed by atoms with E-state index in [-0.39, 0.29) is 74.5 Å². The Labute approximate surface area is 142 Å². The van der Waals surface area contributed by atoms with Gasteiger partial charge >= 0.3 is 74.9 Å². The van der Waals surface area contributed by atoms with E-state index in [0.29, 0.717) is 0 Å². The molecule has 0 saturated carbocycles. The molecule has 0 fully saturated rings. The van der Waals surface area contributed by atoms with Crippen LogP contribution in [0.5, 0.6) is 0 Å². The van der Waals surface area contributed by atoms with E-state index in [9.17, 15) is 4.79 Å². The van der Waals surface area contributed by atoms with Gasteiger partial charge < -0.3 is 5.11 Å². The van der Waals surface area contributed by atoms with Crippen LogP contribution < -0.4 is 0 Å². The fraction of sp³-hybridized carbons (Fsp3) is 0. The molecule has 14 heavy (non-hydrogen) atoms. The standard InChI is InChI=1S/C11H10O2.Cs.H/c1-9(11(12)13)7-8-10-5-3-2-4-6-10;;/h2-8H,1H2,(H,12,13);;. The van der Waals surface area contributed by atoms with Crippen molar-refractivity contribution in [2.75, 3.05) is 0 Å². The average Bonchev–Trinajstić information content (AvgIpc) is 2.15. The summed E-state index contributed by atoms with van der Waals surface area (Å²) >= 11 is 0. The predicted octanol–water partition coefficient (Wildman–Crippen LogP) is 1.69. The van der Waals surface area contributed by atoms with Gasteiger partial charge in [-0.1, -0.05) is 43.0 Å². The van der Waals surface area contributed by atoms with Gasteiger partial charge in [0.2, 0.25) is 0 Å². The van der Waals surface area contributed by atoms with Gasteiger partial charge in [0, 0.05) is 0 Å². The fourth-order valence-corrected chi connectivity index (χ4v) is 0.832. The van der Waals surface area contributed by atoms with E-state index in [4.69, 9.17) is 5.11 Å². The van der Waals surface area contributed by atoms with Crippen LogP contribution in [-0.2, 0) is 4.79 Å². The van der Waals surface area contributed by atoms with Crippen LogP contribution in [0.15, 0.2) is 48.6 Å². The van der Waals surface area contributed by atoms with Crippen LogP contribution in [0, 0.1) is 0 Å². The summed E-state index contributed by atoms with van der Waals surface area (Å²) < 4.78 is 0. The third-order valence-electron chi connectivity index (χ3n) is 1.55. The molecular weight excluding hydrogens is 297 g/mol. The summed E-state index contributed by atoms with van der Waals surface area (Å²) in [6.07, 6.45) is 3.20. The summed E-state index contributed by atoms with van der Waals surface area (Å²) in [4.78, 5) is 10.4. The van der Waals surface area contributed by atoms with Crippen LogP contribution in [-0.4, -0.2) is 80.0 Å². The molecule has 1 aromatic rings. The Morgan fingerprint density at radius 2 is 1.86 bits per heavy atom. The summed E-state index contributed by atoms with van der Waals surface area (Å²) in [7, 11) is 0. The van der Waals surface area contributed by atoms with Crippen LogP contribution >= 0.6 is 0 Å². The summed E-state index contributed by atoms with van der Waals surface area (Å²) in [6, 6.07) is 9.48. The SMILES string of the molecule is C=C(C=Cc1ccccc1)C(=O)O.[CsH]. The molecule has 0 aromatic heterocycles. The predicted molar refractivity (Wildman–Crippen MR) is 59.4 cm³/mol. The van der Waals surface area contributed by atoms with Crippen molar-refractivity contribution in [2.24, 2.45) is 0 Å². The van der Waals surface area contributed by atoms with Crippen molar-refractivity contribution in [3.8, 4) is 0 Å². The first-order valence-electron chi connectivity index (χ1n) is 3.85. The Morgan fingerprint density at radius 3 is 2.36 bits per heavy atom. The van der Waals surface area contributed by atoms with Crippen LogP contribution in [0.1, 0.15) is 5.56 Å². The molecule has 68 valence electrons. The van der Waals surface area contributed by atoms with Gasteiger partial charge in [-0.3, -0.25) is 0 Å². The molecule has 1 aromatic carbocycles. The van der Waals surface area contributed by atoms with Gasteiger partial charge in [-0.2, -0.15) is 0 Å². The van der Waals surface area contributed by atoms with Crippen molar-refractivity contribution in [2.45, 2.75) is 0 Å². The second-order valence-corrected chi connectivity index (χ2v) is 2.57. The summed E-state index contributed by atoms with van der Waals surface area (Å²) in [5.41, 5.74) is 1.05. The number of rotatable bonds is 3. The van der Waals surface area contributed by atoms with E-state index in [1.54, 1.807) is 6.08 Å². The molecule has 0 aliphatic heterocycles. The molecule has 1 N–H and O–H groups in total. The van der Waals surface area contributed by atoms with Gasteiger partial charge in [-0.25, -0.2) is 4.79 Å². The van der Waals surface area contributed by atoms with Gasteiger partial charge in [-0.05, 0) is 11.6 Å².